The van der Waals surface area contributed by atoms with Crippen LogP contribution in [-0.4, -0.2) is 48.1 Å². The van der Waals surface area contributed by atoms with Gasteiger partial charge in [0.1, 0.15) is 24.4 Å². The van der Waals surface area contributed by atoms with Crippen molar-refractivity contribution in [2.24, 2.45) is 0 Å². The van der Waals surface area contributed by atoms with Gasteiger partial charge in [-0.15, -0.1) is 0 Å². The summed E-state index contributed by atoms with van der Waals surface area (Å²) in [5.41, 5.74) is 0. The quantitative estimate of drug-likeness (QED) is 0.582. The van der Waals surface area contributed by atoms with Gasteiger partial charge < -0.3 is 23.7 Å². The summed E-state index contributed by atoms with van der Waals surface area (Å²) in [7, 11) is 0. The van der Waals surface area contributed by atoms with Crippen LogP contribution in [0.25, 0.3) is 0 Å². The number of esters is 1. The zero-order valence-electron chi connectivity index (χ0n) is 14.9. The molecule has 0 bridgehead atoms. The van der Waals surface area contributed by atoms with Gasteiger partial charge in [-0.1, -0.05) is 12.2 Å². The van der Waals surface area contributed by atoms with E-state index in [0.29, 0.717) is 6.42 Å². The Labute approximate surface area is 142 Å². The molecule has 6 heteroatoms. The highest BCUT2D eigenvalue weighted by atomic mass is 16.8. The first-order chi connectivity index (χ1) is 11.2. The van der Waals surface area contributed by atoms with E-state index >= 15 is 0 Å². The first-order valence-electron chi connectivity index (χ1n) is 8.42. The molecule has 134 valence electrons. The molecule has 0 aromatic carbocycles. The zero-order valence-corrected chi connectivity index (χ0v) is 14.9. The zero-order chi connectivity index (χ0) is 17.5. The van der Waals surface area contributed by atoms with E-state index in [1.54, 1.807) is 0 Å². The van der Waals surface area contributed by atoms with E-state index in [-0.39, 0.29) is 36.5 Å². The molecule has 0 aromatic rings. The number of rotatable bonds is 3. The second kappa shape index (κ2) is 6.26. The molecule has 2 fully saturated rings. The summed E-state index contributed by atoms with van der Waals surface area (Å²) >= 11 is 0. The van der Waals surface area contributed by atoms with Gasteiger partial charge in [0.15, 0.2) is 11.6 Å². The lowest BCUT2D eigenvalue weighted by Crippen LogP contribution is -2.40. The smallest absolute Gasteiger partial charge is 0.331 e. The minimum absolute atomic E-state index is 0.103. The SMILES string of the molecule is C[C@@H]1OC(C)(C)O[C@@H]1[C@H]1OC(C)(C)O[C@@H]1/C=C/[C@H]1CC=CC(=O)O1. The van der Waals surface area contributed by atoms with Crippen molar-refractivity contribution in [1.29, 1.82) is 0 Å². The average molecular weight is 338 g/mol. The Morgan fingerprint density at radius 2 is 1.67 bits per heavy atom. The molecule has 0 unspecified atom stereocenters. The molecule has 0 aromatic heterocycles. The van der Waals surface area contributed by atoms with E-state index in [4.69, 9.17) is 23.7 Å². The van der Waals surface area contributed by atoms with Crippen LogP contribution in [0.3, 0.4) is 0 Å². The van der Waals surface area contributed by atoms with Gasteiger partial charge in [-0.25, -0.2) is 4.79 Å². The van der Waals surface area contributed by atoms with Crippen LogP contribution < -0.4 is 0 Å². The molecule has 5 atom stereocenters. The van der Waals surface area contributed by atoms with Crippen molar-refractivity contribution in [3.05, 3.63) is 24.3 Å². The van der Waals surface area contributed by atoms with Crippen molar-refractivity contribution in [2.45, 2.75) is 83.1 Å². The molecule has 0 aliphatic carbocycles. The number of carbonyl (C=O) groups is 1. The third kappa shape index (κ3) is 3.88. The van der Waals surface area contributed by atoms with Gasteiger partial charge in [0, 0.05) is 12.5 Å². The van der Waals surface area contributed by atoms with Crippen LogP contribution in [0.5, 0.6) is 0 Å². The van der Waals surface area contributed by atoms with Gasteiger partial charge in [-0.3, -0.25) is 0 Å². The summed E-state index contributed by atoms with van der Waals surface area (Å²) in [4.78, 5) is 11.3. The number of cyclic esters (lactones) is 1. The number of ether oxygens (including phenoxy) is 5. The average Bonchev–Trinajstić information content (AvgIpc) is 2.91. The molecule has 3 aliphatic heterocycles. The Hall–Kier alpha value is -1.21. The molecule has 0 spiro atoms. The molecule has 0 N–H and O–H groups in total. The van der Waals surface area contributed by atoms with Crippen molar-refractivity contribution in [1.82, 2.24) is 0 Å². The standard InChI is InChI=1S/C18H26O6/c1-11-15(23-17(2,3)21-11)16-13(22-18(4,5)24-16)10-9-12-7-6-8-14(19)20-12/h6,8-13,15-16H,7H2,1-5H3/b10-9+/t11-,12+,13+,15-,16-/m0/s1. The summed E-state index contributed by atoms with van der Waals surface area (Å²) < 4.78 is 29.2. The molecule has 3 rings (SSSR count). The fourth-order valence-electron chi connectivity index (χ4n) is 3.41. The lowest BCUT2D eigenvalue weighted by atomic mass is 10.0. The summed E-state index contributed by atoms with van der Waals surface area (Å²) in [5.74, 6) is -1.67. The highest BCUT2D eigenvalue weighted by Crippen LogP contribution is 2.38. The van der Waals surface area contributed by atoms with E-state index in [2.05, 4.69) is 0 Å². The summed E-state index contributed by atoms with van der Waals surface area (Å²) in [6.07, 6.45) is 6.48. The Kier molecular flexibility index (Phi) is 4.59. The molecule has 3 heterocycles. The third-order valence-corrected chi connectivity index (χ3v) is 4.24. The van der Waals surface area contributed by atoms with E-state index < -0.39 is 11.6 Å². The lowest BCUT2D eigenvalue weighted by molar-refractivity contribution is -0.174. The van der Waals surface area contributed by atoms with E-state index in [0.717, 1.165) is 0 Å². The minimum atomic E-state index is -0.710. The maximum Gasteiger partial charge on any atom is 0.331 e. The van der Waals surface area contributed by atoms with E-state index in [1.165, 1.54) is 6.08 Å². The maximum absolute atomic E-state index is 11.3. The Morgan fingerprint density at radius 1 is 1.00 bits per heavy atom. The van der Waals surface area contributed by atoms with Gasteiger partial charge in [-0.05, 0) is 40.7 Å². The second-order valence-corrected chi connectivity index (χ2v) is 7.37. The Balaban J connectivity index is 1.73. The van der Waals surface area contributed by atoms with Crippen LogP contribution in [0, 0.1) is 0 Å². The van der Waals surface area contributed by atoms with Crippen molar-refractivity contribution < 1.29 is 28.5 Å². The highest BCUT2D eigenvalue weighted by molar-refractivity contribution is 5.82. The summed E-state index contributed by atoms with van der Waals surface area (Å²) in [6, 6.07) is 0. The first kappa shape index (κ1) is 17.6. The fraction of sp³-hybridized carbons (Fsp3) is 0.722. The predicted octanol–water partition coefficient (Wildman–Crippen LogP) is 2.47. The monoisotopic (exact) mass is 338 g/mol. The van der Waals surface area contributed by atoms with Crippen LogP contribution in [-0.2, 0) is 28.5 Å². The number of hydrogen-bond acceptors (Lipinski definition) is 6. The van der Waals surface area contributed by atoms with Crippen molar-refractivity contribution in [3.8, 4) is 0 Å². The Bertz CT molecular complexity index is 550. The second-order valence-electron chi connectivity index (χ2n) is 7.37. The molecule has 0 amide bonds. The third-order valence-electron chi connectivity index (χ3n) is 4.24. The van der Waals surface area contributed by atoms with Crippen LogP contribution in [0.4, 0.5) is 0 Å². The normalized spacial score (nSPS) is 41.0. The lowest BCUT2D eigenvalue weighted by Gasteiger charge is -2.24. The summed E-state index contributed by atoms with van der Waals surface area (Å²) in [5, 5.41) is 0. The molecule has 0 radical (unpaired) electrons. The van der Waals surface area contributed by atoms with Crippen molar-refractivity contribution in [3.63, 3.8) is 0 Å². The largest absolute Gasteiger partial charge is 0.455 e. The first-order valence-corrected chi connectivity index (χ1v) is 8.42. The topological polar surface area (TPSA) is 63.2 Å². The highest BCUT2D eigenvalue weighted by Gasteiger charge is 2.51. The summed E-state index contributed by atoms with van der Waals surface area (Å²) in [6.45, 7) is 9.51. The minimum Gasteiger partial charge on any atom is -0.455 e. The molecule has 2 saturated heterocycles. The molecule has 24 heavy (non-hydrogen) atoms. The van der Waals surface area contributed by atoms with Crippen LogP contribution in [0.15, 0.2) is 24.3 Å². The predicted molar refractivity (Wildman–Crippen MR) is 86.1 cm³/mol. The van der Waals surface area contributed by atoms with Gasteiger partial charge in [0.05, 0.1) is 6.10 Å². The molecular weight excluding hydrogens is 312 g/mol. The molecule has 6 nitrogen and oxygen atoms in total. The number of carbonyl (C=O) groups excluding carboxylic acids is 1. The maximum atomic E-state index is 11.3. The van der Waals surface area contributed by atoms with Gasteiger partial charge in [-0.2, -0.15) is 0 Å². The van der Waals surface area contributed by atoms with E-state index in [9.17, 15) is 4.79 Å². The van der Waals surface area contributed by atoms with Crippen LogP contribution in [0.1, 0.15) is 41.0 Å². The van der Waals surface area contributed by atoms with Gasteiger partial charge >= 0.3 is 5.97 Å². The Morgan fingerprint density at radius 3 is 2.29 bits per heavy atom. The van der Waals surface area contributed by atoms with Crippen LogP contribution in [0.2, 0.25) is 0 Å². The molecular formula is C18H26O6. The van der Waals surface area contributed by atoms with Gasteiger partial charge in [0.25, 0.3) is 0 Å². The van der Waals surface area contributed by atoms with E-state index in [1.807, 2.05) is 52.8 Å². The van der Waals surface area contributed by atoms with Crippen LogP contribution >= 0.6 is 0 Å². The van der Waals surface area contributed by atoms with Gasteiger partial charge in [0.2, 0.25) is 0 Å². The fourth-order valence-corrected chi connectivity index (χ4v) is 3.41. The molecule has 3 aliphatic rings. The van der Waals surface area contributed by atoms with Crippen molar-refractivity contribution in [2.75, 3.05) is 0 Å². The number of hydrogen-bond donors (Lipinski definition) is 0. The van der Waals surface area contributed by atoms with Crippen molar-refractivity contribution >= 4 is 5.97 Å². The molecule has 0 saturated carbocycles.